The number of nitrogens with one attached hydrogen (secondary N) is 2. The van der Waals surface area contributed by atoms with Crippen molar-refractivity contribution >= 4 is 34.9 Å². The van der Waals surface area contributed by atoms with Crippen LogP contribution in [0.1, 0.15) is 17.3 Å². The third-order valence-electron chi connectivity index (χ3n) is 3.28. The molecule has 0 saturated heterocycles. The third-order valence-corrected chi connectivity index (χ3v) is 3.61. The number of para-hydroxylation sites is 2. The molecule has 6 nitrogen and oxygen atoms in total. The molecule has 0 aromatic heterocycles. The van der Waals surface area contributed by atoms with E-state index in [0.29, 0.717) is 22.0 Å². The van der Waals surface area contributed by atoms with E-state index in [1.165, 1.54) is 6.20 Å². The van der Waals surface area contributed by atoms with Crippen molar-refractivity contribution in [3.8, 4) is 6.07 Å². The van der Waals surface area contributed by atoms with E-state index < -0.39 is 11.9 Å². The molecular weight excluding hydrogens is 354 g/mol. The van der Waals surface area contributed by atoms with Gasteiger partial charge in [0.2, 0.25) is 0 Å². The molecular formula is C19H16ClN3O3. The summed E-state index contributed by atoms with van der Waals surface area (Å²) in [6, 6.07) is 15.1. The number of carbonyl (C=O) groups excluding carboxylic acids is 2. The number of rotatable bonds is 6. The second kappa shape index (κ2) is 9.25. The van der Waals surface area contributed by atoms with E-state index in [0.717, 1.165) is 0 Å². The number of halogens is 1. The fourth-order valence-electron chi connectivity index (χ4n) is 2.05. The minimum Gasteiger partial charge on any atom is -0.462 e. The van der Waals surface area contributed by atoms with E-state index in [2.05, 4.69) is 10.6 Å². The van der Waals surface area contributed by atoms with Gasteiger partial charge in [0.25, 0.3) is 5.91 Å². The van der Waals surface area contributed by atoms with Crippen molar-refractivity contribution in [2.75, 3.05) is 17.2 Å². The first-order valence-electron chi connectivity index (χ1n) is 7.75. The molecule has 26 heavy (non-hydrogen) atoms. The van der Waals surface area contributed by atoms with Gasteiger partial charge in [-0.1, -0.05) is 35.9 Å². The highest BCUT2D eigenvalue weighted by Crippen LogP contribution is 2.21. The van der Waals surface area contributed by atoms with Gasteiger partial charge in [0, 0.05) is 6.20 Å². The van der Waals surface area contributed by atoms with Crippen LogP contribution in [0.3, 0.4) is 0 Å². The molecule has 132 valence electrons. The highest BCUT2D eigenvalue weighted by atomic mass is 35.5. The number of hydrogen-bond donors (Lipinski definition) is 2. The van der Waals surface area contributed by atoms with Crippen LogP contribution >= 0.6 is 11.6 Å². The van der Waals surface area contributed by atoms with E-state index in [4.69, 9.17) is 16.3 Å². The molecule has 2 aromatic rings. The fraction of sp³-hybridized carbons (Fsp3) is 0.105. The molecule has 2 aromatic carbocycles. The van der Waals surface area contributed by atoms with Crippen molar-refractivity contribution in [2.24, 2.45) is 0 Å². The van der Waals surface area contributed by atoms with Gasteiger partial charge in [0.15, 0.2) is 0 Å². The number of anilines is 2. The smallest absolute Gasteiger partial charge is 0.340 e. The van der Waals surface area contributed by atoms with Gasteiger partial charge in [-0.2, -0.15) is 5.26 Å². The molecule has 0 bridgehead atoms. The molecule has 0 spiro atoms. The standard InChI is InChI=1S/C19H16ClN3O3/c1-2-26-19(25)14-7-3-5-9-16(14)22-12-13(11-21)18(24)23-17-10-6-4-8-15(17)20/h3-10,12,22H,2H2,1H3,(H,23,24)/b13-12-. The highest BCUT2D eigenvalue weighted by molar-refractivity contribution is 6.34. The summed E-state index contributed by atoms with van der Waals surface area (Å²) in [6.07, 6.45) is 1.23. The molecule has 0 aliphatic carbocycles. The monoisotopic (exact) mass is 369 g/mol. The summed E-state index contributed by atoms with van der Waals surface area (Å²) in [4.78, 5) is 24.2. The Bertz CT molecular complexity index is 888. The first kappa shape index (κ1) is 19.0. The minimum atomic E-state index is -0.623. The molecule has 0 fully saturated rings. The minimum absolute atomic E-state index is 0.177. The molecule has 0 saturated carbocycles. The Morgan fingerprint density at radius 2 is 1.81 bits per heavy atom. The van der Waals surface area contributed by atoms with Crippen LogP contribution in [0, 0.1) is 11.3 Å². The Morgan fingerprint density at radius 3 is 2.46 bits per heavy atom. The SMILES string of the molecule is CCOC(=O)c1ccccc1N/C=C(/C#N)C(=O)Nc1ccccc1Cl. The maximum atomic E-state index is 12.2. The van der Waals surface area contributed by atoms with Gasteiger partial charge < -0.3 is 15.4 Å². The molecule has 0 unspecified atom stereocenters. The lowest BCUT2D eigenvalue weighted by molar-refractivity contribution is -0.112. The fourth-order valence-corrected chi connectivity index (χ4v) is 2.23. The van der Waals surface area contributed by atoms with Crippen molar-refractivity contribution in [1.29, 1.82) is 5.26 Å². The van der Waals surface area contributed by atoms with Crippen LogP contribution in [0.5, 0.6) is 0 Å². The summed E-state index contributed by atoms with van der Waals surface area (Å²) in [5.41, 5.74) is 0.939. The second-order valence-corrected chi connectivity index (χ2v) is 5.42. The van der Waals surface area contributed by atoms with E-state index >= 15 is 0 Å². The Morgan fingerprint density at radius 1 is 1.15 bits per heavy atom. The predicted octanol–water partition coefficient (Wildman–Crippen LogP) is 3.97. The number of amides is 1. The molecule has 7 heteroatoms. The summed E-state index contributed by atoms with van der Waals surface area (Å²) < 4.78 is 4.98. The van der Waals surface area contributed by atoms with Gasteiger partial charge in [-0.25, -0.2) is 4.79 Å². The van der Waals surface area contributed by atoms with Crippen molar-refractivity contribution in [3.05, 3.63) is 70.9 Å². The summed E-state index contributed by atoms with van der Waals surface area (Å²) in [5, 5.41) is 15.0. The largest absolute Gasteiger partial charge is 0.462 e. The van der Waals surface area contributed by atoms with Crippen molar-refractivity contribution < 1.29 is 14.3 Å². The van der Waals surface area contributed by atoms with Crippen molar-refractivity contribution in [1.82, 2.24) is 0 Å². The van der Waals surface area contributed by atoms with Gasteiger partial charge in [-0.05, 0) is 31.2 Å². The van der Waals surface area contributed by atoms with Crippen LogP contribution < -0.4 is 10.6 Å². The number of benzene rings is 2. The number of ether oxygens (including phenoxy) is 1. The number of nitriles is 1. The molecule has 0 aliphatic heterocycles. The molecule has 2 rings (SSSR count). The normalized spacial score (nSPS) is 10.6. The average molecular weight is 370 g/mol. The van der Waals surface area contributed by atoms with Gasteiger partial charge in [-0.3, -0.25) is 4.79 Å². The lowest BCUT2D eigenvalue weighted by Gasteiger charge is -2.09. The number of nitrogens with zero attached hydrogens (tertiary/aromatic N) is 1. The zero-order chi connectivity index (χ0) is 18.9. The van der Waals surface area contributed by atoms with E-state index in [1.807, 2.05) is 6.07 Å². The van der Waals surface area contributed by atoms with E-state index in [-0.39, 0.29) is 12.2 Å². The topological polar surface area (TPSA) is 91.2 Å². The number of carbonyl (C=O) groups is 2. The summed E-state index contributed by atoms with van der Waals surface area (Å²) in [7, 11) is 0. The Hall–Kier alpha value is -3.30. The highest BCUT2D eigenvalue weighted by Gasteiger charge is 2.13. The lowest BCUT2D eigenvalue weighted by Crippen LogP contribution is -2.15. The van der Waals surface area contributed by atoms with Crippen LogP contribution in [0.25, 0.3) is 0 Å². The van der Waals surface area contributed by atoms with Crippen LogP contribution in [0.4, 0.5) is 11.4 Å². The molecule has 1 amide bonds. The first-order chi connectivity index (χ1) is 12.6. The zero-order valence-electron chi connectivity index (χ0n) is 14.0. The van der Waals surface area contributed by atoms with Crippen molar-refractivity contribution in [2.45, 2.75) is 6.92 Å². The quantitative estimate of drug-likeness (QED) is 0.456. The molecule has 0 heterocycles. The second-order valence-electron chi connectivity index (χ2n) is 5.01. The van der Waals surface area contributed by atoms with Crippen LogP contribution in [0.2, 0.25) is 5.02 Å². The Balaban J connectivity index is 2.18. The predicted molar refractivity (Wildman–Crippen MR) is 99.8 cm³/mol. The van der Waals surface area contributed by atoms with Gasteiger partial charge >= 0.3 is 5.97 Å². The number of esters is 1. The first-order valence-corrected chi connectivity index (χ1v) is 8.13. The Kier molecular flexibility index (Phi) is 6.77. The van der Waals surface area contributed by atoms with Gasteiger partial charge in [-0.15, -0.1) is 0 Å². The summed E-state index contributed by atoms with van der Waals surface area (Å²) in [6.45, 7) is 1.95. The lowest BCUT2D eigenvalue weighted by atomic mass is 10.1. The van der Waals surface area contributed by atoms with E-state index in [9.17, 15) is 14.9 Å². The van der Waals surface area contributed by atoms with Gasteiger partial charge in [0.1, 0.15) is 11.6 Å². The summed E-state index contributed by atoms with van der Waals surface area (Å²) in [5.74, 6) is -1.12. The van der Waals surface area contributed by atoms with Crippen molar-refractivity contribution in [3.63, 3.8) is 0 Å². The number of hydrogen-bond acceptors (Lipinski definition) is 5. The van der Waals surface area contributed by atoms with E-state index in [1.54, 1.807) is 55.5 Å². The maximum Gasteiger partial charge on any atom is 0.340 e. The van der Waals surface area contributed by atoms with Gasteiger partial charge in [0.05, 0.1) is 28.6 Å². The van der Waals surface area contributed by atoms with Crippen LogP contribution in [-0.2, 0) is 9.53 Å². The Labute approximate surface area is 156 Å². The third kappa shape index (κ3) is 4.85. The summed E-state index contributed by atoms with van der Waals surface area (Å²) >= 11 is 5.99. The molecule has 2 N–H and O–H groups in total. The average Bonchev–Trinajstić information content (AvgIpc) is 2.64. The maximum absolute atomic E-state index is 12.2. The van der Waals surface area contributed by atoms with Crippen LogP contribution in [0.15, 0.2) is 60.3 Å². The molecule has 0 radical (unpaired) electrons. The zero-order valence-corrected chi connectivity index (χ0v) is 14.7. The molecule has 0 atom stereocenters. The van der Waals surface area contributed by atoms with Crippen LogP contribution in [-0.4, -0.2) is 18.5 Å². The molecule has 0 aliphatic rings.